The molecule has 5 rings (SSSR count). The van der Waals surface area contributed by atoms with Gasteiger partial charge in [-0.25, -0.2) is 4.98 Å². The van der Waals surface area contributed by atoms with Gasteiger partial charge < -0.3 is 9.47 Å². The van der Waals surface area contributed by atoms with Crippen molar-refractivity contribution >= 4 is 10.9 Å². The van der Waals surface area contributed by atoms with Crippen LogP contribution >= 0.6 is 0 Å². The molecule has 0 amide bonds. The Kier molecular flexibility index (Phi) is 4.05. The largest absolute Gasteiger partial charge is 0.486 e. The first-order valence-electron chi connectivity index (χ1n) is 9.21. The van der Waals surface area contributed by atoms with E-state index in [2.05, 4.69) is 29.2 Å². The molecule has 3 aromatic carbocycles. The van der Waals surface area contributed by atoms with Gasteiger partial charge in [0, 0.05) is 6.07 Å². The number of nitrogens with zero attached hydrogens (tertiary/aromatic N) is 2. The molecule has 1 aromatic heterocycles. The van der Waals surface area contributed by atoms with Crippen molar-refractivity contribution in [1.82, 2.24) is 9.55 Å². The van der Waals surface area contributed by atoms with Gasteiger partial charge in [-0.1, -0.05) is 54.6 Å². The molecular formula is C23H18N2O3. The molecule has 0 radical (unpaired) electrons. The third kappa shape index (κ3) is 3.01. The van der Waals surface area contributed by atoms with Crippen molar-refractivity contribution in [3.63, 3.8) is 0 Å². The van der Waals surface area contributed by atoms with E-state index in [4.69, 9.17) is 9.47 Å². The van der Waals surface area contributed by atoms with Crippen molar-refractivity contribution in [1.29, 1.82) is 0 Å². The standard InChI is InChI=1S/C23H18N2O3/c26-23-19-12-21-22(28-11-10-27-21)13-20(19)24-15-25(23)14-16-6-8-18(9-7-16)17-4-2-1-3-5-17/h1-9,12-13,15H,10-11,14H2. The lowest BCUT2D eigenvalue weighted by Crippen LogP contribution is -2.22. The number of hydrogen-bond donors (Lipinski definition) is 0. The lowest BCUT2D eigenvalue weighted by Gasteiger charge is -2.18. The molecule has 0 aliphatic carbocycles. The molecule has 5 nitrogen and oxygen atoms in total. The first kappa shape index (κ1) is 16.6. The Morgan fingerprint density at radius 3 is 2.29 bits per heavy atom. The quantitative estimate of drug-likeness (QED) is 0.549. The van der Waals surface area contributed by atoms with Crippen LogP contribution in [0.3, 0.4) is 0 Å². The molecule has 4 aromatic rings. The minimum atomic E-state index is -0.0888. The zero-order chi connectivity index (χ0) is 18.9. The normalized spacial score (nSPS) is 12.9. The van der Waals surface area contributed by atoms with E-state index in [1.807, 2.05) is 30.3 Å². The predicted octanol–water partition coefficient (Wildman–Crippen LogP) is 3.88. The van der Waals surface area contributed by atoms with Gasteiger partial charge in [0.2, 0.25) is 0 Å². The molecule has 1 aliphatic heterocycles. The van der Waals surface area contributed by atoms with E-state index in [0.717, 1.165) is 11.1 Å². The molecule has 0 saturated carbocycles. The van der Waals surface area contributed by atoms with Gasteiger partial charge in [-0.15, -0.1) is 0 Å². The molecule has 2 heterocycles. The molecule has 0 N–H and O–H groups in total. The summed E-state index contributed by atoms with van der Waals surface area (Å²) in [6, 6.07) is 22.0. The van der Waals surface area contributed by atoms with Gasteiger partial charge in [-0.3, -0.25) is 9.36 Å². The highest BCUT2D eigenvalue weighted by atomic mass is 16.6. The van der Waals surface area contributed by atoms with Crippen LogP contribution in [0.5, 0.6) is 11.5 Å². The molecule has 0 bridgehead atoms. The molecule has 0 saturated heterocycles. The number of ether oxygens (including phenoxy) is 2. The topological polar surface area (TPSA) is 53.4 Å². The van der Waals surface area contributed by atoms with Gasteiger partial charge in [-0.2, -0.15) is 0 Å². The number of rotatable bonds is 3. The van der Waals surface area contributed by atoms with Crippen LogP contribution in [-0.2, 0) is 6.54 Å². The second kappa shape index (κ2) is 6.85. The maximum absolute atomic E-state index is 12.9. The zero-order valence-electron chi connectivity index (χ0n) is 15.2. The van der Waals surface area contributed by atoms with Crippen molar-refractivity contribution in [2.24, 2.45) is 0 Å². The Labute approximate surface area is 161 Å². The number of benzene rings is 3. The minimum Gasteiger partial charge on any atom is -0.486 e. The molecule has 1 aliphatic rings. The average Bonchev–Trinajstić information content (AvgIpc) is 2.76. The predicted molar refractivity (Wildman–Crippen MR) is 108 cm³/mol. The Morgan fingerprint density at radius 2 is 1.54 bits per heavy atom. The van der Waals surface area contributed by atoms with Gasteiger partial charge in [0.05, 0.1) is 23.8 Å². The molecule has 138 valence electrons. The number of fused-ring (bicyclic) bond motifs is 2. The molecule has 5 heteroatoms. The third-order valence-corrected chi connectivity index (χ3v) is 4.90. The van der Waals surface area contributed by atoms with Crippen LogP contribution in [0, 0.1) is 0 Å². The van der Waals surface area contributed by atoms with Gasteiger partial charge in [0.1, 0.15) is 13.2 Å². The molecular weight excluding hydrogens is 352 g/mol. The fraction of sp³-hybridized carbons (Fsp3) is 0.130. The lowest BCUT2D eigenvalue weighted by molar-refractivity contribution is 0.172. The number of hydrogen-bond acceptors (Lipinski definition) is 4. The van der Waals surface area contributed by atoms with Crippen molar-refractivity contribution in [2.45, 2.75) is 6.54 Å². The summed E-state index contributed by atoms with van der Waals surface area (Å²) in [7, 11) is 0. The Hall–Kier alpha value is -3.60. The first-order valence-corrected chi connectivity index (χ1v) is 9.21. The lowest BCUT2D eigenvalue weighted by atomic mass is 10.0. The summed E-state index contributed by atoms with van der Waals surface area (Å²) in [6.45, 7) is 1.46. The van der Waals surface area contributed by atoms with Crippen LogP contribution in [0.2, 0.25) is 0 Å². The maximum Gasteiger partial charge on any atom is 0.261 e. The fourth-order valence-corrected chi connectivity index (χ4v) is 3.44. The van der Waals surface area contributed by atoms with E-state index < -0.39 is 0 Å². The van der Waals surface area contributed by atoms with E-state index >= 15 is 0 Å². The van der Waals surface area contributed by atoms with E-state index in [-0.39, 0.29) is 5.56 Å². The highest BCUT2D eigenvalue weighted by Crippen LogP contribution is 2.32. The van der Waals surface area contributed by atoms with Crippen molar-refractivity contribution in [3.05, 3.63) is 89.0 Å². The minimum absolute atomic E-state index is 0.0888. The summed E-state index contributed by atoms with van der Waals surface area (Å²) in [6.07, 6.45) is 1.59. The highest BCUT2D eigenvalue weighted by molar-refractivity contribution is 5.81. The summed E-state index contributed by atoms with van der Waals surface area (Å²) in [4.78, 5) is 17.4. The molecule has 28 heavy (non-hydrogen) atoms. The van der Waals surface area contributed by atoms with E-state index in [1.54, 1.807) is 23.0 Å². The highest BCUT2D eigenvalue weighted by Gasteiger charge is 2.15. The smallest absolute Gasteiger partial charge is 0.261 e. The Morgan fingerprint density at radius 1 is 0.857 bits per heavy atom. The summed E-state index contributed by atoms with van der Waals surface area (Å²) < 4.78 is 12.8. The summed E-state index contributed by atoms with van der Waals surface area (Å²) in [5.74, 6) is 1.24. The van der Waals surface area contributed by atoms with Crippen molar-refractivity contribution in [2.75, 3.05) is 13.2 Å². The molecule has 0 spiro atoms. The van der Waals surface area contributed by atoms with Crippen LogP contribution in [0.4, 0.5) is 0 Å². The second-order valence-corrected chi connectivity index (χ2v) is 6.75. The molecule has 0 atom stereocenters. The Bertz CT molecular complexity index is 1200. The molecule has 0 fully saturated rings. The molecule has 0 unspecified atom stereocenters. The van der Waals surface area contributed by atoms with E-state index in [9.17, 15) is 4.79 Å². The Balaban J connectivity index is 1.46. The zero-order valence-corrected chi connectivity index (χ0v) is 15.2. The maximum atomic E-state index is 12.9. The summed E-state index contributed by atoms with van der Waals surface area (Å²) >= 11 is 0. The van der Waals surface area contributed by atoms with Gasteiger partial charge in [0.25, 0.3) is 5.56 Å². The van der Waals surface area contributed by atoms with Crippen LogP contribution in [0.15, 0.2) is 77.9 Å². The second-order valence-electron chi connectivity index (χ2n) is 6.75. The van der Waals surface area contributed by atoms with Gasteiger partial charge >= 0.3 is 0 Å². The van der Waals surface area contributed by atoms with Crippen molar-refractivity contribution in [3.8, 4) is 22.6 Å². The average molecular weight is 370 g/mol. The summed E-state index contributed by atoms with van der Waals surface area (Å²) in [5.41, 5.74) is 3.89. The first-order chi connectivity index (χ1) is 13.8. The van der Waals surface area contributed by atoms with Crippen LogP contribution < -0.4 is 15.0 Å². The van der Waals surface area contributed by atoms with Gasteiger partial charge in [-0.05, 0) is 22.8 Å². The monoisotopic (exact) mass is 370 g/mol. The van der Waals surface area contributed by atoms with E-state index in [0.29, 0.717) is 42.2 Å². The fourth-order valence-electron chi connectivity index (χ4n) is 3.44. The third-order valence-electron chi connectivity index (χ3n) is 4.90. The summed E-state index contributed by atoms with van der Waals surface area (Å²) in [5, 5.41) is 0.535. The number of aromatic nitrogens is 2. The van der Waals surface area contributed by atoms with Gasteiger partial charge in [0.15, 0.2) is 11.5 Å². The van der Waals surface area contributed by atoms with Crippen molar-refractivity contribution < 1.29 is 9.47 Å². The SMILES string of the molecule is O=c1c2cc3c(cc2ncn1Cc1ccc(-c2ccccc2)cc1)OCCO3. The van der Waals surface area contributed by atoms with Crippen LogP contribution in [-0.4, -0.2) is 22.8 Å². The van der Waals surface area contributed by atoms with E-state index in [1.165, 1.54) is 5.56 Å². The van der Waals surface area contributed by atoms with Crippen LogP contribution in [0.25, 0.3) is 22.0 Å². The van der Waals surface area contributed by atoms with Crippen LogP contribution in [0.1, 0.15) is 5.56 Å².